The molecule has 0 unspecified atom stereocenters. The molecule has 0 bridgehead atoms. The van der Waals surface area contributed by atoms with Gasteiger partial charge in [-0.15, -0.1) is 0 Å². The molecule has 3 rings (SSSR count). The maximum Gasteiger partial charge on any atom is 0.267 e. The molecule has 0 fully saturated rings. The van der Waals surface area contributed by atoms with Crippen LogP contribution in [0.25, 0.3) is 0 Å². The molecule has 1 N–H and O–H groups in total. The molecule has 1 amide bonds. The van der Waals surface area contributed by atoms with Gasteiger partial charge in [0.1, 0.15) is 6.04 Å². The van der Waals surface area contributed by atoms with E-state index in [1.54, 1.807) is 37.1 Å². The van der Waals surface area contributed by atoms with Gasteiger partial charge in [0.25, 0.3) is 5.56 Å². The summed E-state index contributed by atoms with van der Waals surface area (Å²) in [5, 5.41) is 11.1. The standard InChI is InChI=1S/C14H17N5O2/c1-9(14(21)16-11-7-15-18(2)8-11)19-13(20)6-10-4-3-5-12(10)17-19/h6-9H,3-5H2,1-2H3,(H,16,21)/t9-/m1/s1. The summed E-state index contributed by atoms with van der Waals surface area (Å²) in [6, 6.07) is 0.937. The van der Waals surface area contributed by atoms with Crippen LogP contribution in [0.1, 0.15) is 30.6 Å². The molecule has 0 aromatic carbocycles. The molecular formula is C14H17N5O2. The number of carbonyl (C=O) groups is 1. The van der Waals surface area contributed by atoms with Crippen LogP contribution in [-0.4, -0.2) is 25.5 Å². The van der Waals surface area contributed by atoms with E-state index in [2.05, 4.69) is 15.5 Å². The molecule has 1 aliphatic rings. The fourth-order valence-corrected chi connectivity index (χ4v) is 2.54. The number of amides is 1. The van der Waals surface area contributed by atoms with Crippen molar-refractivity contribution < 1.29 is 4.79 Å². The van der Waals surface area contributed by atoms with Gasteiger partial charge in [-0.25, -0.2) is 4.68 Å². The Hall–Kier alpha value is -2.44. The minimum absolute atomic E-state index is 0.232. The van der Waals surface area contributed by atoms with Crippen molar-refractivity contribution in [2.24, 2.45) is 7.05 Å². The number of carbonyl (C=O) groups excluding carboxylic acids is 1. The number of nitrogens with one attached hydrogen (secondary N) is 1. The van der Waals surface area contributed by atoms with Crippen LogP contribution in [0.5, 0.6) is 0 Å². The summed E-state index contributed by atoms with van der Waals surface area (Å²) in [6.07, 6.45) is 6.04. The lowest BCUT2D eigenvalue weighted by Gasteiger charge is -2.14. The zero-order valence-electron chi connectivity index (χ0n) is 12.0. The fraction of sp³-hybridized carbons (Fsp3) is 0.429. The van der Waals surface area contributed by atoms with Gasteiger partial charge in [-0.1, -0.05) is 0 Å². The molecule has 0 aliphatic heterocycles. The Morgan fingerprint density at radius 3 is 2.95 bits per heavy atom. The van der Waals surface area contributed by atoms with Gasteiger partial charge >= 0.3 is 0 Å². The second-order valence-electron chi connectivity index (χ2n) is 5.32. The van der Waals surface area contributed by atoms with Gasteiger partial charge < -0.3 is 5.32 Å². The number of anilines is 1. The highest BCUT2D eigenvalue weighted by Crippen LogP contribution is 2.18. The van der Waals surface area contributed by atoms with Crippen molar-refractivity contribution in [1.29, 1.82) is 0 Å². The van der Waals surface area contributed by atoms with Crippen molar-refractivity contribution in [3.05, 3.63) is 40.1 Å². The Morgan fingerprint density at radius 1 is 1.43 bits per heavy atom. The molecule has 110 valence electrons. The molecule has 21 heavy (non-hydrogen) atoms. The third-order valence-electron chi connectivity index (χ3n) is 3.70. The molecule has 0 saturated carbocycles. The molecule has 7 nitrogen and oxygen atoms in total. The van der Waals surface area contributed by atoms with E-state index in [9.17, 15) is 9.59 Å². The largest absolute Gasteiger partial charge is 0.322 e. The number of fused-ring (bicyclic) bond motifs is 1. The monoisotopic (exact) mass is 287 g/mol. The van der Waals surface area contributed by atoms with Gasteiger partial charge in [0.05, 0.1) is 17.6 Å². The third kappa shape index (κ3) is 2.58. The normalized spacial score (nSPS) is 14.8. The third-order valence-corrected chi connectivity index (χ3v) is 3.70. The van der Waals surface area contributed by atoms with E-state index < -0.39 is 6.04 Å². The van der Waals surface area contributed by atoms with Crippen LogP contribution in [0.4, 0.5) is 5.69 Å². The van der Waals surface area contributed by atoms with Crippen LogP contribution < -0.4 is 10.9 Å². The van der Waals surface area contributed by atoms with Crippen molar-refractivity contribution in [3.63, 3.8) is 0 Å². The van der Waals surface area contributed by atoms with E-state index in [0.29, 0.717) is 5.69 Å². The first kappa shape index (κ1) is 13.5. The molecule has 0 saturated heterocycles. The van der Waals surface area contributed by atoms with Gasteiger partial charge in [-0.05, 0) is 31.7 Å². The average molecular weight is 287 g/mol. The van der Waals surface area contributed by atoms with E-state index in [-0.39, 0.29) is 11.5 Å². The van der Waals surface area contributed by atoms with Gasteiger partial charge in [0.2, 0.25) is 5.91 Å². The summed E-state index contributed by atoms with van der Waals surface area (Å²) in [5.74, 6) is -0.282. The Morgan fingerprint density at radius 2 is 2.24 bits per heavy atom. The molecule has 1 atom stereocenters. The summed E-state index contributed by atoms with van der Waals surface area (Å²) in [5.41, 5.74) is 2.31. The number of aryl methyl sites for hydroxylation is 3. The summed E-state index contributed by atoms with van der Waals surface area (Å²) in [6.45, 7) is 1.67. The highest BCUT2D eigenvalue weighted by molar-refractivity contribution is 5.93. The second-order valence-corrected chi connectivity index (χ2v) is 5.32. The van der Waals surface area contributed by atoms with E-state index in [0.717, 1.165) is 30.5 Å². The van der Waals surface area contributed by atoms with Gasteiger partial charge in [0, 0.05) is 19.3 Å². The predicted molar refractivity (Wildman–Crippen MR) is 77.1 cm³/mol. The summed E-state index contributed by atoms with van der Waals surface area (Å²) < 4.78 is 2.86. The lowest BCUT2D eigenvalue weighted by Crippen LogP contribution is -2.33. The van der Waals surface area contributed by atoms with E-state index >= 15 is 0 Å². The molecule has 2 aromatic heterocycles. The number of aromatic nitrogens is 4. The maximum atomic E-state index is 12.2. The molecule has 2 heterocycles. The van der Waals surface area contributed by atoms with Gasteiger partial charge in [-0.3, -0.25) is 14.3 Å². The average Bonchev–Trinajstić information content (AvgIpc) is 3.05. The van der Waals surface area contributed by atoms with Crippen molar-refractivity contribution in [1.82, 2.24) is 19.6 Å². The maximum absolute atomic E-state index is 12.2. The van der Waals surface area contributed by atoms with Gasteiger partial charge in [0.15, 0.2) is 0 Å². The summed E-state index contributed by atoms with van der Waals surface area (Å²) in [4.78, 5) is 24.3. The minimum Gasteiger partial charge on any atom is -0.322 e. The fourth-order valence-electron chi connectivity index (χ4n) is 2.54. The molecular weight excluding hydrogens is 270 g/mol. The number of hydrogen-bond acceptors (Lipinski definition) is 4. The molecule has 2 aromatic rings. The molecule has 0 radical (unpaired) electrons. The lowest BCUT2D eigenvalue weighted by molar-refractivity contribution is -0.119. The Bertz CT molecular complexity index is 746. The van der Waals surface area contributed by atoms with Crippen LogP contribution in [0.3, 0.4) is 0 Å². The van der Waals surface area contributed by atoms with E-state index in [4.69, 9.17) is 0 Å². The first-order valence-electron chi connectivity index (χ1n) is 6.96. The predicted octanol–water partition coefficient (Wildman–Crippen LogP) is 0.665. The van der Waals surface area contributed by atoms with Crippen LogP contribution in [0.2, 0.25) is 0 Å². The highest BCUT2D eigenvalue weighted by atomic mass is 16.2. The minimum atomic E-state index is -0.663. The zero-order chi connectivity index (χ0) is 15.0. The van der Waals surface area contributed by atoms with Crippen LogP contribution in [-0.2, 0) is 24.7 Å². The van der Waals surface area contributed by atoms with Gasteiger partial charge in [-0.2, -0.15) is 10.2 Å². The molecule has 1 aliphatic carbocycles. The van der Waals surface area contributed by atoms with Crippen molar-refractivity contribution >= 4 is 11.6 Å². The van der Waals surface area contributed by atoms with Crippen molar-refractivity contribution in [2.45, 2.75) is 32.2 Å². The van der Waals surface area contributed by atoms with Crippen LogP contribution in [0.15, 0.2) is 23.3 Å². The van der Waals surface area contributed by atoms with Crippen LogP contribution >= 0.6 is 0 Å². The topological polar surface area (TPSA) is 81.8 Å². The van der Waals surface area contributed by atoms with Crippen molar-refractivity contribution in [2.75, 3.05) is 5.32 Å². The Kier molecular flexibility index (Phi) is 3.32. The van der Waals surface area contributed by atoms with E-state index in [1.165, 1.54) is 4.68 Å². The summed E-state index contributed by atoms with van der Waals surface area (Å²) in [7, 11) is 1.77. The number of rotatable bonds is 3. The second kappa shape index (κ2) is 5.16. The first-order chi connectivity index (χ1) is 10.0. The van der Waals surface area contributed by atoms with E-state index in [1.807, 2.05) is 0 Å². The quantitative estimate of drug-likeness (QED) is 0.899. The Labute approximate surface area is 121 Å². The van der Waals surface area contributed by atoms with Crippen LogP contribution in [0, 0.1) is 0 Å². The summed E-state index contributed by atoms with van der Waals surface area (Å²) >= 11 is 0. The SMILES string of the molecule is C[C@H](C(=O)Nc1cnn(C)c1)n1nc2c(cc1=O)CCC2. The smallest absolute Gasteiger partial charge is 0.267 e. The molecule has 0 spiro atoms. The first-order valence-corrected chi connectivity index (χ1v) is 6.96. The lowest BCUT2D eigenvalue weighted by atomic mass is 10.2. The highest BCUT2D eigenvalue weighted by Gasteiger charge is 2.21. The van der Waals surface area contributed by atoms with Crippen molar-refractivity contribution in [3.8, 4) is 0 Å². The zero-order valence-corrected chi connectivity index (χ0v) is 12.0. The Balaban J connectivity index is 1.83. The molecule has 7 heteroatoms. The number of nitrogens with zero attached hydrogens (tertiary/aromatic N) is 4. The number of hydrogen-bond donors (Lipinski definition) is 1.